The van der Waals surface area contributed by atoms with Crippen LogP contribution in [0.25, 0.3) is 0 Å². The molecule has 0 bridgehead atoms. The van der Waals surface area contributed by atoms with Gasteiger partial charge in [0.25, 0.3) is 0 Å². The monoisotopic (exact) mass is 289 g/mol. The number of nitrogens with one attached hydrogen (secondary N) is 1. The van der Waals surface area contributed by atoms with Gasteiger partial charge in [0, 0.05) is 17.6 Å². The lowest BCUT2D eigenvalue weighted by atomic mass is 10.1. The van der Waals surface area contributed by atoms with E-state index < -0.39 is 0 Å². The summed E-state index contributed by atoms with van der Waals surface area (Å²) in [6.45, 7) is 4.98. The summed E-state index contributed by atoms with van der Waals surface area (Å²) in [5.74, 6) is -0.0205. The van der Waals surface area contributed by atoms with Crippen LogP contribution in [0.2, 0.25) is 0 Å². The minimum atomic E-state index is -0.368. The predicted octanol–water partition coefficient (Wildman–Crippen LogP) is 2.69. The Morgan fingerprint density at radius 2 is 2.12 bits per heavy atom. The Morgan fingerprint density at radius 3 is 2.75 bits per heavy atom. The van der Waals surface area contributed by atoms with E-state index in [-0.39, 0.29) is 17.8 Å². The second-order valence-corrected chi connectivity index (χ2v) is 5.03. The van der Waals surface area contributed by atoms with E-state index in [2.05, 4.69) is 21.2 Å². The maximum Gasteiger partial charge on any atom is 0.123 e. The van der Waals surface area contributed by atoms with E-state index in [0.717, 1.165) is 10.0 Å². The molecule has 0 radical (unpaired) electrons. The highest BCUT2D eigenvalue weighted by molar-refractivity contribution is 9.10. The lowest BCUT2D eigenvalue weighted by Crippen LogP contribution is -2.30. The van der Waals surface area contributed by atoms with Gasteiger partial charge in [-0.25, -0.2) is 4.39 Å². The van der Waals surface area contributed by atoms with Crippen molar-refractivity contribution in [1.82, 2.24) is 5.32 Å². The van der Waals surface area contributed by atoms with Crippen LogP contribution in [0, 0.1) is 11.7 Å². The number of hydrogen-bond donors (Lipinski definition) is 2. The predicted molar refractivity (Wildman–Crippen MR) is 66.7 cm³/mol. The van der Waals surface area contributed by atoms with Crippen LogP contribution in [0.4, 0.5) is 4.39 Å². The topological polar surface area (TPSA) is 32.3 Å². The minimum Gasteiger partial charge on any atom is -0.392 e. The number of benzene rings is 1. The number of hydrogen-bond acceptors (Lipinski definition) is 2. The molecule has 0 fully saturated rings. The van der Waals surface area contributed by atoms with Gasteiger partial charge in [0.2, 0.25) is 0 Å². The SMILES string of the molecule is CC(C)C(O)CNCc1cc(F)ccc1Br. The summed E-state index contributed by atoms with van der Waals surface area (Å²) in [6.07, 6.45) is -0.368. The third kappa shape index (κ3) is 4.20. The van der Waals surface area contributed by atoms with Crippen LogP contribution < -0.4 is 5.32 Å². The first-order chi connectivity index (χ1) is 7.50. The van der Waals surface area contributed by atoms with Gasteiger partial charge in [-0.1, -0.05) is 29.8 Å². The van der Waals surface area contributed by atoms with Gasteiger partial charge in [0.15, 0.2) is 0 Å². The average Bonchev–Trinajstić information content (AvgIpc) is 2.22. The molecule has 0 heterocycles. The van der Waals surface area contributed by atoms with E-state index in [1.807, 2.05) is 13.8 Å². The van der Waals surface area contributed by atoms with Crippen LogP contribution in [-0.2, 0) is 6.54 Å². The quantitative estimate of drug-likeness (QED) is 0.874. The highest BCUT2D eigenvalue weighted by Gasteiger charge is 2.08. The molecule has 0 aliphatic carbocycles. The minimum absolute atomic E-state index is 0.225. The zero-order valence-corrected chi connectivity index (χ0v) is 11.1. The summed E-state index contributed by atoms with van der Waals surface area (Å²) in [7, 11) is 0. The van der Waals surface area contributed by atoms with Gasteiger partial charge in [-0.05, 0) is 29.7 Å². The molecule has 90 valence electrons. The maximum atomic E-state index is 13.0. The van der Waals surface area contributed by atoms with E-state index in [4.69, 9.17) is 0 Å². The third-order valence-electron chi connectivity index (χ3n) is 2.45. The summed E-state index contributed by atoms with van der Waals surface area (Å²) in [6, 6.07) is 4.58. The molecule has 0 amide bonds. The Labute approximate surface area is 104 Å². The van der Waals surface area contributed by atoms with Gasteiger partial charge in [0.05, 0.1) is 6.10 Å². The summed E-state index contributed by atoms with van der Waals surface area (Å²) in [4.78, 5) is 0. The molecule has 0 aliphatic rings. The molecule has 0 saturated carbocycles. The second-order valence-electron chi connectivity index (χ2n) is 4.18. The van der Waals surface area contributed by atoms with Crippen molar-refractivity contribution in [3.8, 4) is 0 Å². The van der Waals surface area contributed by atoms with Gasteiger partial charge in [-0.2, -0.15) is 0 Å². The van der Waals surface area contributed by atoms with E-state index >= 15 is 0 Å². The first kappa shape index (κ1) is 13.6. The first-order valence-electron chi connectivity index (χ1n) is 5.33. The van der Waals surface area contributed by atoms with Crippen molar-refractivity contribution >= 4 is 15.9 Å². The average molecular weight is 290 g/mol. The molecule has 1 atom stereocenters. The van der Waals surface area contributed by atoms with Gasteiger partial charge < -0.3 is 10.4 Å². The molecule has 4 heteroatoms. The van der Waals surface area contributed by atoms with Crippen LogP contribution in [0.15, 0.2) is 22.7 Å². The Kier molecular flexibility index (Phi) is 5.38. The molecular weight excluding hydrogens is 273 g/mol. The van der Waals surface area contributed by atoms with Gasteiger partial charge in [0.1, 0.15) is 5.82 Å². The molecule has 1 rings (SSSR count). The van der Waals surface area contributed by atoms with Gasteiger partial charge in [-0.15, -0.1) is 0 Å². The molecule has 2 nitrogen and oxygen atoms in total. The molecule has 16 heavy (non-hydrogen) atoms. The standard InChI is InChI=1S/C12H17BrFNO/c1-8(2)12(16)7-15-6-9-5-10(14)3-4-11(9)13/h3-5,8,12,15-16H,6-7H2,1-2H3. The summed E-state index contributed by atoms with van der Waals surface area (Å²) in [5, 5.41) is 12.7. The molecule has 0 spiro atoms. The number of rotatable bonds is 5. The van der Waals surface area contributed by atoms with Crippen LogP contribution in [0.5, 0.6) is 0 Å². The normalized spacial score (nSPS) is 13.1. The number of aliphatic hydroxyl groups is 1. The Balaban J connectivity index is 2.45. The largest absolute Gasteiger partial charge is 0.392 e. The van der Waals surface area contributed by atoms with Crippen molar-refractivity contribution in [2.45, 2.75) is 26.5 Å². The highest BCUT2D eigenvalue weighted by Crippen LogP contribution is 2.17. The van der Waals surface area contributed by atoms with E-state index in [1.54, 1.807) is 6.07 Å². The highest BCUT2D eigenvalue weighted by atomic mass is 79.9. The van der Waals surface area contributed by atoms with Crippen molar-refractivity contribution in [2.75, 3.05) is 6.54 Å². The fourth-order valence-corrected chi connectivity index (χ4v) is 1.66. The summed E-state index contributed by atoms with van der Waals surface area (Å²) in [5.41, 5.74) is 0.857. The molecule has 0 aliphatic heterocycles. The zero-order chi connectivity index (χ0) is 12.1. The lowest BCUT2D eigenvalue weighted by Gasteiger charge is -2.15. The molecule has 1 aromatic rings. The van der Waals surface area contributed by atoms with Crippen molar-refractivity contribution in [2.24, 2.45) is 5.92 Å². The first-order valence-corrected chi connectivity index (χ1v) is 6.12. The van der Waals surface area contributed by atoms with E-state index in [9.17, 15) is 9.50 Å². The van der Waals surface area contributed by atoms with Crippen molar-refractivity contribution in [1.29, 1.82) is 0 Å². The summed E-state index contributed by atoms with van der Waals surface area (Å²) >= 11 is 3.36. The Hall–Kier alpha value is -0.450. The van der Waals surface area contributed by atoms with Crippen LogP contribution in [0.3, 0.4) is 0 Å². The summed E-state index contributed by atoms with van der Waals surface area (Å²) < 4.78 is 13.8. The van der Waals surface area contributed by atoms with E-state index in [1.165, 1.54) is 12.1 Å². The van der Waals surface area contributed by atoms with Crippen molar-refractivity contribution < 1.29 is 9.50 Å². The number of aliphatic hydroxyl groups excluding tert-OH is 1. The van der Waals surface area contributed by atoms with Crippen LogP contribution >= 0.6 is 15.9 Å². The molecular formula is C12H17BrFNO. The second kappa shape index (κ2) is 6.33. The van der Waals surface area contributed by atoms with E-state index in [0.29, 0.717) is 13.1 Å². The van der Waals surface area contributed by atoms with Crippen molar-refractivity contribution in [3.05, 3.63) is 34.1 Å². The molecule has 2 N–H and O–H groups in total. The Bertz CT molecular complexity index is 344. The van der Waals surface area contributed by atoms with Crippen LogP contribution in [-0.4, -0.2) is 17.8 Å². The van der Waals surface area contributed by atoms with Crippen molar-refractivity contribution in [3.63, 3.8) is 0 Å². The fourth-order valence-electron chi connectivity index (χ4n) is 1.27. The Morgan fingerprint density at radius 1 is 1.44 bits per heavy atom. The smallest absolute Gasteiger partial charge is 0.123 e. The van der Waals surface area contributed by atoms with Gasteiger partial charge in [-0.3, -0.25) is 0 Å². The number of halogens is 2. The lowest BCUT2D eigenvalue weighted by molar-refractivity contribution is 0.123. The zero-order valence-electron chi connectivity index (χ0n) is 9.50. The van der Waals surface area contributed by atoms with Crippen LogP contribution in [0.1, 0.15) is 19.4 Å². The molecule has 1 unspecified atom stereocenters. The third-order valence-corrected chi connectivity index (χ3v) is 3.22. The maximum absolute atomic E-state index is 13.0. The molecule has 1 aromatic carbocycles. The molecule has 0 aromatic heterocycles. The molecule has 0 saturated heterocycles. The van der Waals surface area contributed by atoms with Gasteiger partial charge >= 0.3 is 0 Å². The fraction of sp³-hybridized carbons (Fsp3) is 0.500.